The topological polar surface area (TPSA) is 75.1 Å². The van der Waals surface area contributed by atoms with Gasteiger partial charge in [0.1, 0.15) is 0 Å². The number of oxazole rings is 1. The molecule has 2 N–H and O–H groups in total. The number of H-pyrrole nitrogens is 1. The molecule has 0 aliphatic heterocycles. The molecule has 0 bridgehead atoms. The summed E-state index contributed by atoms with van der Waals surface area (Å²) in [6.45, 7) is 0.549. The van der Waals surface area contributed by atoms with Crippen LogP contribution in [0.3, 0.4) is 0 Å². The van der Waals surface area contributed by atoms with E-state index in [0.717, 1.165) is 5.56 Å². The Morgan fingerprint density at radius 1 is 1.47 bits per heavy atom. The molecule has 0 radical (unpaired) electrons. The number of carbonyl (C=O) groups is 1. The number of fused-ring (bicyclic) bond motifs is 1. The Labute approximate surface area is 103 Å². The van der Waals surface area contributed by atoms with E-state index in [1.54, 1.807) is 6.07 Å². The molecule has 0 unspecified atom stereocenters. The highest BCUT2D eigenvalue weighted by Crippen LogP contribution is 2.12. The molecule has 2 aromatic rings. The van der Waals surface area contributed by atoms with Crippen molar-refractivity contribution in [3.8, 4) is 0 Å². The van der Waals surface area contributed by atoms with E-state index < -0.39 is 5.76 Å². The van der Waals surface area contributed by atoms with Crippen LogP contribution >= 0.6 is 12.6 Å². The van der Waals surface area contributed by atoms with Gasteiger partial charge in [0, 0.05) is 6.54 Å². The van der Waals surface area contributed by atoms with Crippen LogP contribution in [0.5, 0.6) is 0 Å². The third kappa shape index (κ3) is 2.91. The molecule has 2 rings (SSSR count). The molecule has 17 heavy (non-hydrogen) atoms. The highest BCUT2D eigenvalue weighted by molar-refractivity contribution is 7.81. The Hall–Kier alpha value is -1.69. The Bertz CT molecular complexity index is 588. The van der Waals surface area contributed by atoms with Crippen molar-refractivity contribution in [2.75, 3.05) is 12.3 Å². The van der Waals surface area contributed by atoms with Gasteiger partial charge in [0.15, 0.2) is 5.58 Å². The zero-order valence-corrected chi connectivity index (χ0v) is 9.92. The number of nitrogens with one attached hydrogen (secondary N) is 2. The number of benzene rings is 1. The third-order valence-corrected chi connectivity index (χ3v) is 2.65. The summed E-state index contributed by atoms with van der Waals surface area (Å²) in [5.74, 6) is -0.361. The molecule has 1 aromatic carbocycles. The van der Waals surface area contributed by atoms with Crippen LogP contribution in [-0.4, -0.2) is 23.2 Å². The molecule has 0 spiro atoms. The first kappa shape index (κ1) is 11.8. The molecule has 5 nitrogen and oxygen atoms in total. The molecule has 0 saturated heterocycles. The molecule has 90 valence electrons. The minimum absolute atomic E-state index is 0.0915. The predicted molar refractivity (Wildman–Crippen MR) is 67.4 cm³/mol. The summed E-state index contributed by atoms with van der Waals surface area (Å²) in [4.78, 5) is 24.5. The maximum absolute atomic E-state index is 11.0. The summed E-state index contributed by atoms with van der Waals surface area (Å²) in [6, 6.07) is 5.45. The van der Waals surface area contributed by atoms with Crippen LogP contribution in [0.1, 0.15) is 5.56 Å². The molecule has 0 saturated carbocycles. The van der Waals surface area contributed by atoms with Crippen LogP contribution in [0.15, 0.2) is 27.4 Å². The van der Waals surface area contributed by atoms with Gasteiger partial charge >= 0.3 is 5.76 Å². The minimum Gasteiger partial charge on any atom is -0.408 e. The normalized spacial score (nSPS) is 10.6. The van der Waals surface area contributed by atoms with Crippen LogP contribution < -0.4 is 11.1 Å². The third-order valence-electron chi connectivity index (χ3n) is 2.36. The Kier molecular flexibility index (Phi) is 3.53. The van der Waals surface area contributed by atoms with Crippen molar-refractivity contribution in [3.63, 3.8) is 0 Å². The maximum Gasteiger partial charge on any atom is 0.417 e. The highest BCUT2D eigenvalue weighted by Gasteiger charge is 2.02. The van der Waals surface area contributed by atoms with Crippen molar-refractivity contribution in [2.45, 2.75) is 6.42 Å². The lowest BCUT2D eigenvalue weighted by Crippen LogP contribution is -2.26. The van der Waals surface area contributed by atoms with Gasteiger partial charge in [-0.25, -0.2) is 4.79 Å². The number of carbonyl (C=O) groups excluding carboxylic acids is 1. The van der Waals surface area contributed by atoms with E-state index in [1.807, 2.05) is 12.1 Å². The summed E-state index contributed by atoms with van der Waals surface area (Å²) in [6.07, 6.45) is 0.697. The Morgan fingerprint density at radius 2 is 2.29 bits per heavy atom. The number of hydrogen-bond acceptors (Lipinski definition) is 4. The number of aromatic amines is 1. The van der Waals surface area contributed by atoms with Gasteiger partial charge in [-0.05, 0) is 24.1 Å². The van der Waals surface area contributed by atoms with Crippen LogP contribution in [-0.2, 0) is 11.2 Å². The second-order valence-corrected chi connectivity index (χ2v) is 3.92. The van der Waals surface area contributed by atoms with Crippen LogP contribution in [0.25, 0.3) is 11.1 Å². The summed E-state index contributed by atoms with van der Waals surface area (Å²) in [5, 5.41) is 2.72. The number of hydrogen-bond donors (Lipinski definition) is 3. The van der Waals surface area contributed by atoms with E-state index in [0.29, 0.717) is 24.1 Å². The average molecular weight is 252 g/mol. The van der Waals surface area contributed by atoms with Gasteiger partial charge in [0.25, 0.3) is 0 Å². The molecule has 1 heterocycles. The Balaban J connectivity index is 2.04. The standard InChI is InChI=1S/C11H12N2O3S/c14-10(6-17)12-4-3-7-1-2-9-8(5-7)13-11(15)16-9/h1-2,5,17H,3-4,6H2,(H,12,14)(H,13,15). The monoisotopic (exact) mass is 252 g/mol. The van der Waals surface area contributed by atoms with Crippen LogP contribution in [0.4, 0.5) is 0 Å². The lowest BCUT2D eigenvalue weighted by Gasteiger charge is -2.03. The van der Waals surface area contributed by atoms with E-state index in [9.17, 15) is 9.59 Å². The van der Waals surface area contributed by atoms with Crippen molar-refractivity contribution >= 4 is 29.6 Å². The van der Waals surface area contributed by atoms with E-state index in [2.05, 4.69) is 22.9 Å². The maximum atomic E-state index is 11.0. The molecule has 0 aliphatic rings. The van der Waals surface area contributed by atoms with Crippen molar-refractivity contribution in [1.29, 1.82) is 0 Å². The fraction of sp³-hybridized carbons (Fsp3) is 0.273. The predicted octanol–water partition coefficient (Wildman–Crippen LogP) is 0.710. The van der Waals surface area contributed by atoms with E-state index >= 15 is 0 Å². The fourth-order valence-electron chi connectivity index (χ4n) is 1.56. The molecule has 0 atom stereocenters. The van der Waals surface area contributed by atoms with Gasteiger partial charge in [-0.1, -0.05) is 6.07 Å². The van der Waals surface area contributed by atoms with Gasteiger partial charge in [0.2, 0.25) is 5.91 Å². The van der Waals surface area contributed by atoms with Crippen LogP contribution in [0.2, 0.25) is 0 Å². The van der Waals surface area contributed by atoms with E-state index in [1.165, 1.54) is 0 Å². The summed E-state index contributed by atoms with van der Waals surface area (Å²) in [5.41, 5.74) is 2.24. The second kappa shape index (κ2) is 5.09. The minimum atomic E-state index is -0.458. The SMILES string of the molecule is O=C(CS)NCCc1ccc2oc(=O)[nH]c2c1. The molecule has 1 amide bonds. The summed E-state index contributed by atoms with van der Waals surface area (Å²) >= 11 is 3.86. The smallest absolute Gasteiger partial charge is 0.408 e. The lowest BCUT2D eigenvalue weighted by atomic mass is 10.1. The van der Waals surface area contributed by atoms with Crippen LogP contribution in [0, 0.1) is 0 Å². The first-order valence-corrected chi connectivity index (χ1v) is 5.81. The van der Waals surface area contributed by atoms with Gasteiger partial charge in [-0.2, -0.15) is 12.6 Å². The number of rotatable bonds is 4. The molecule has 6 heteroatoms. The number of aromatic nitrogens is 1. The van der Waals surface area contributed by atoms with Crippen molar-refractivity contribution in [1.82, 2.24) is 10.3 Å². The zero-order valence-electron chi connectivity index (χ0n) is 9.03. The largest absolute Gasteiger partial charge is 0.417 e. The average Bonchev–Trinajstić information content (AvgIpc) is 2.68. The fourth-order valence-corrected chi connectivity index (χ4v) is 1.67. The van der Waals surface area contributed by atoms with E-state index in [-0.39, 0.29) is 11.7 Å². The second-order valence-electron chi connectivity index (χ2n) is 3.60. The Morgan fingerprint density at radius 3 is 3.06 bits per heavy atom. The zero-order chi connectivity index (χ0) is 12.3. The van der Waals surface area contributed by atoms with Gasteiger partial charge < -0.3 is 9.73 Å². The molecule has 0 aliphatic carbocycles. The molecule has 1 aromatic heterocycles. The molecular weight excluding hydrogens is 240 g/mol. The highest BCUT2D eigenvalue weighted by atomic mass is 32.1. The quantitative estimate of drug-likeness (QED) is 0.701. The van der Waals surface area contributed by atoms with E-state index in [4.69, 9.17) is 4.42 Å². The molecular formula is C11H12N2O3S. The van der Waals surface area contributed by atoms with Gasteiger partial charge in [0.05, 0.1) is 11.3 Å². The van der Waals surface area contributed by atoms with Gasteiger partial charge in [-0.15, -0.1) is 0 Å². The number of amides is 1. The van der Waals surface area contributed by atoms with Gasteiger partial charge in [-0.3, -0.25) is 9.78 Å². The first-order valence-electron chi connectivity index (χ1n) is 5.18. The van der Waals surface area contributed by atoms with Crippen molar-refractivity contribution in [2.24, 2.45) is 0 Å². The number of thiol groups is 1. The summed E-state index contributed by atoms with van der Waals surface area (Å²) in [7, 11) is 0. The first-order chi connectivity index (χ1) is 8.19. The summed E-state index contributed by atoms with van der Waals surface area (Å²) < 4.78 is 4.89. The van der Waals surface area contributed by atoms with Crippen molar-refractivity contribution < 1.29 is 9.21 Å². The lowest BCUT2D eigenvalue weighted by molar-refractivity contribution is -0.118. The molecule has 0 fully saturated rings. The van der Waals surface area contributed by atoms with Crippen molar-refractivity contribution in [3.05, 3.63) is 34.3 Å².